The van der Waals surface area contributed by atoms with Crippen LogP contribution in [0, 0.1) is 11.8 Å². The molecule has 2 atom stereocenters. The molecule has 0 radical (unpaired) electrons. The highest BCUT2D eigenvalue weighted by Gasteiger charge is 2.11. The molecule has 0 aromatic carbocycles. The summed E-state index contributed by atoms with van der Waals surface area (Å²) in [5.74, 6) is 1.80. The van der Waals surface area contributed by atoms with Gasteiger partial charge in [-0.15, -0.1) is 0 Å². The molecule has 0 aromatic heterocycles. The lowest BCUT2D eigenvalue weighted by atomic mass is 9.91. The molecule has 0 spiro atoms. The summed E-state index contributed by atoms with van der Waals surface area (Å²) in [7, 11) is 0. The first-order chi connectivity index (χ1) is 9.95. The van der Waals surface area contributed by atoms with Crippen molar-refractivity contribution in [3.05, 3.63) is 12.2 Å². The molecule has 20 heavy (non-hydrogen) atoms. The van der Waals surface area contributed by atoms with Crippen LogP contribution in [0.4, 0.5) is 0 Å². The maximum atomic E-state index is 2.63. The topological polar surface area (TPSA) is 0 Å². The van der Waals surface area contributed by atoms with Crippen LogP contribution in [0.1, 0.15) is 103 Å². The van der Waals surface area contributed by atoms with E-state index in [1.807, 2.05) is 0 Å². The second kappa shape index (κ2) is 10.5. The van der Waals surface area contributed by atoms with Gasteiger partial charge < -0.3 is 0 Å². The highest BCUT2D eigenvalue weighted by molar-refractivity contribution is 4.93. The molecule has 116 valence electrons. The Bertz CT molecular complexity index is 229. The molecule has 2 aliphatic carbocycles. The van der Waals surface area contributed by atoms with Gasteiger partial charge in [0.1, 0.15) is 0 Å². The van der Waals surface area contributed by atoms with E-state index in [0.717, 1.165) is 11.8 Å². The summed E-state index contributed by atoms with van der Waals surface area (Å²) in [6.07, 6.45) is 28.9. The first kappa shape index (κ1) is 16.1. The Kier molecular flexibility index (Phi) is 8.43. The number of rotatable bonds is 0. The van der Waals surface area contributed by atoms with E-state index in [-0.39, 0.29) is 0 Å². The molecule has 0 saturated heterocycles. The van der Waals surface area contributed by atoms with Crippen molar-refractivity contribution >= 4 is 0 Å². The Morgan fingerprint density at radius 1 is 0.350 bits per heavy atom. The lowest BCUT2D eigenvalue weighted by Crippen LogP contribution is -2.00. The molecule has 0 heteroatoms. The zero-order valence-corrected chi connectivity index (χ0v) is 13.6. The van der Waals surface area contributed by atoms with Crippen LogP contribution >= 0.6 is 0 Å². The molecule has 0 heterocycles. The Morgan fingerprint density at radius 3 is 0.900 bits per heavy atom. The zero-order valence-electron chi connectivity index (χ0n) is 13.6. The van der Waals surface area contributed by atoms with Gasteiger partial charge in [0.2, 0.25) is 0 Å². The second-order valence-corrected chi connectivity index (χ2v) is 7.30. The summed E-state index contributed by atoms with van der Waals surface area (Å²) in [5, 5.41) is 0. The Labute approximate surface area is 127 Å². The average molecular weight is 277 g/mol. The summed E-state index contributed by atoms with van der Waals surface area (Å²) in [5.41, 5.74) is 0. The summed E-state index contributed by atoms with van der Waals surface area (Å²) >= 11 is 0. The van der Waals surface area contributed by atoms with Crippen molar-refractivity contribution in [3.63, 3.8) is 0 Å². The standard InChI is InChI=1S/C20H36/c1-2-5-9-13-19-15-11-7-4-8-12-16-20(18-17-19)14-10-6-3-1/h17-20H,1-16H2/b18-17-. The molecule has 0 nitrogen and oxygen atoms in total. The van der Waals surface area contributed by atoms with Crippen molar-refractivity contribution in [1.29, 1.82) is 0 Å². The van der Waals surface area contributed by atoms with Crippen molar-refractivity contribution in [3.8, 4) is 0 Å². The van der Waals surface area contributed by atoms with E-state index in [1.54, 1.807) is 0 Å². The third kappa shape index (κ3) is 6.95. The van der Waals surface area contributed by atoms with Crippen LogP contribution in [0.2, 0.25) is 0 Å². The smallest absolute Gasteiger partial charge is 0.0233 e. The summed E-state index contributed by atoms with van der Waals surface area (Å²) in [6.45, 7) is 0. The van der Waals surface area contributed by atoms with Crippen molar-refractivity contribution in [1.82, 2.24) is 0 Å². The van der Waals surface area contributed by atoms with Crippen LogP contribution < -0.4 is 0 Å². The molecule has 2 aliphatic rings. The molecule has 0 fully saturated rings. The molecule has 0 saturated carbocycles. The van der Waals surface area contributed by atoms with Crippen LogP contribution in [0.25, 0.3) is 0 Å². The van der Waals surface area contributed by atoms with Gasteiger partial charge in [-0.3, -0.25) is 0 Å². The van der Waals surface area contributed by atoms with Crippen LogP contribution in [-0.4, -0.2) is 0 Å². The van der Waals surface area contributed by atoms with Crippen LogP contribution in [0.15, 0.2) is 12.2 Å². The molecule has 0 aliphatic heterocycles. The fourth-order valence-corrected chi connectivity index (χ4v) is 4.03. The predicted molar refractivity (Wildman–Crippen MR) is 90.0 cm³/mol. The largest absolute Gasteiger partial charge is 0.0851 e. The monoisotopic (exact) mass is 276 g/mol. The van der Waals surface area contributed by atoms with Gasteiger partial charge in [0, 0.05) is 0 Å². The van der Waals surface area contributed by atoms with Crippen LogP contribution in [-0.2, 0) is 0 Å². The molecule has 0 aromatic rings. The fourth-order valence-electron chi connectivity index (χ4n) is 4.03. The summed E-state index contributed by atoms with van der Waals surface area (Å²) in [6, 6.07) is 0. The summed E-state index contributed by atoms with van der Waals surface area (Å²) in [4.78, 5) is 0. The minimum Gasteiger partial charge on any atom is -0.0851 e. The maximum absolute atomic E-state index is 2.63. The Balaban J connectivity index is 1.93. The average Bonchev–Trinajstić information content (AvgIpc) is 2.49. The molecule has 2 rings (SSSR count). The van der Waals surface area contributed by atoms with E-state index in [2.05, 4.69) is 12.2 Å². The molecular formula is C20H36. The normalized spacial score (nSPS) is 33.2. The predicted octanol–water partition coefficient (Wildman–Crippen LogP) is 7.04. The fraction of sp³-hybridized carbons (Fsp3) is 0.900. The zero-order chi connectivity index (χ0) is 13.9. The molecule has 2 bridgehead atoms. The van der Waals surface area contributed by atoms with Gasteiger partial charge in [-0.1, -0.05) is 89.2 Å². The summed E-state index contributed by atoms with van der Waals surface area (Å²) < 4.78 is 0. The Morgan fingerprint density at radius 2 is 0.600 bits per heavy atom. The lowest BCUT2D eigenvalue weighted by molar-refractivity contribution is 0.455. The van der Waals surface area contributed by atoms with Gasteiger partial charge in [-0.25, -0.2) is 0 Å². The molecule has 0 amide bonds. The van der Waals surface area contributed by atoms with E-state index in [9.17, 15) is 0 Å². The number of hydrogen-bond donors (Lipinski definition) is 0. The van der Waals surface area contributed by atoms with Gasteiger partial charge >= 0.3 is 0 Å². The highest BCUT2D eigenvalue weighted by Crippen LogP contribution is 2.26. The second-order valence-electron chi connectivity index (χ2n) is 7.30. The van der Waals surface area contributed by atoms with Gasteiger partial charge in [0.05, 0.1) is 0 Å². The first-order valence-corrected chi connectivity index (χ1v) is 9.63. The van der Waals surface area contributed by atoms with Gasteiger partial charge in [-0.2, -0.15) is 0 Å². The van der Waals surface area contributed by atoms with Crippen molar-refractivity contribution in [2.45, 2.75) is 103 Å². The van der Waals surface area contributed by atoms with E-state index in [1.165, 1.54) is 103 Å². The van der Waals surface area contributed by atoms with E-state index in [0.29, 0.717) is 0 Å². The molecule has 2 unspecified atom stereocenters. The minimum atomic E-state index is 0.899. The number of allylic oxidation sites excluding steroid dienone is 2. The van der Waals surface area contributed by atoms with Crippen molar-refractivity contribution < 1.29 is 0 Å². The Hall–Kier alpha value is -0.260. The number of fused-ring (bicyclic) bond motifs is 2. The quantitative estimate of drug-likeness (QED) is 0.416. The third-order valence-electron chi connectivity index (χ3n) is 5.46. The van der Waals surface area contributed by atoms with Crippen molar-refractivity contribution in [2.24, 2.45) is 11.8 Å². The van der Waals surface area contributed by atoms with E-state index >= 15 is 0 Å². The number of hydrogen-bond acceptors (Lipinski definition) is 0. The third-order valence-corrected chi connectivity index (χ3v) is 5.46. The maximum Gasteiger partial charge on any atom is -0.0233 e. The van der Waals surface area contributed by atoms with Crippen LogP contribution in [0.3, 0.4) is 0 Å². The lowest BCUT2D eigenvalue weighted by Gasteiger charge is -2.14. The van der Waals surface area contributed by atoms with Gasteiger partial charge in [0.15, 0.2) is 0 Å². The van der Waals surface area contributed by atoms with Gasteiger partial charge in [-0.05, 0) is 37.5 Å². The molecule has 0 N–H and O–H groups in total. The van der Waals surface area contributed by atoms with Crippen molar-refractivity contribution in [2.75, 3.05) is 0 Å². The van der Waals surface area contributed by atoms with E-state index < -0.39 is 0 Å². The van der Waals surface area contributed by atoms with Crippen LogP contribution in [0.5, 0.6) is 0 Å². The SMILES string of the molecule is C1=C\C2CCCCCCCCCC/1CCCCCCC2. The first-order valence-electron chi connectivity index (χ1n) is 9.63. The van der Waals surface area contributed by atoms with Gasteiger partial charge in [0.25, 0.3) is 0 Å². The molecular weight excluding hydrogens is 240 g/mol. The highest BCUT2D eigenvalue weighted by atomic mass is 14.2. The minimum absolute atomic E-state index is 0.899. The van der Waals surface area contributed by atoms with E-state index in [4.69, 9.17) is 0 Å².